The number of morpholine rings is 1. The number of piperidine rings is 2. The van der Waals surface area contributed by atoms with Crippen LogP contribution in [-0.2, 0) is 24.5 Å². The Hall–Kier alpha value is -1.07. The summed E-state index contributed by atoms with van der Waals surface area (Å²) in [7, 11) is -3.37. The molecule has 0 aromatic heterocycles. The Morgan fingerprint density at radius 3 is 1.89 bits per heavy atom. The van der Waals surface area contributed by atoms with E-state index >= 15 is 0 Å². The second-order valence-electron chi connectivity index (χ2n) is 8.26. The fourth-order valence-corrected chi connectivity index (χ4v) is 6.67. The van der Waals surface area contributed by atoms with Crippen LogP contribution in [0.15, 0.2) is 0 Å². The summed E-state index contributed by atoms with van der Waals surface area (Å²) < 4.78 is 34.0. The van der Waals surface area contributed by atoms with Crippen LogP contribution in [0.2, 0.25) is 0 Å². The summed E-state index contributed by atoms with van der Waals surface area (Å²) >= 11 is 0. The molecule has 0 unspecified atom stereocenters. The maximum Gasteiger partial charge on any atom is 0.282 e. The fraction of sp³-hybridized carbons (Fsp3) is 0.889. The van der Waals surface area contributed by atoms with Gasteiger partial charge in [0, 0.05) is 26.2 Å². The standard InChI is InChI=1S/C18H30N4O5S/c23-17-13-16(18(24)19-17)20-5-1-14(2-6-20)15-3-7-21(8-4-15)28(25,26)22-9-11-27-12-10-22/h14-16H,1-13H2,(H,19,23,24)/t16-/m0/s1. The zero-order valence-electron chi connectivity index (χ0n) is 16.2. The maximum absolute atomic E-state index is 12.8. The van der Waals surface area contributed by atoms with E-state index < -0.39 is 10.2 Å². The molecule has 4 fully saturated rings. The van der Waals surface area contributed by atoms with Crippen molar-refractivity contribution in [2.75, 3.05) is 52.5 Å². The van der Waals surface area contributed by atoms with Gasteiger partial charge in [-0.3, -0.25) is 19.8 Å². The van der Waals surface area contributed by atoms with Crippen molar-refractivity contribution >= 4 is 22.0 Å². The molecule has 0 radical (unpaired) electrons. The molecule has 4 rings (SSSR count). The van der Waals surface area contributed by atoms with Crippen LogP contribution >= 0.6 is 0 Å². The van der Waals surface area contributed by atoms with Crippen molar-refractivity contribution in [1.29, 1.82) is 0 Å². The SMILES string of the molecule is O=C1C[C@H](N2CCC(C3CCN(S(=O)(=O)N4CCOCC4)CC3)CC2)C(=O)N1. The van der Waals surface area contributed by atoms with E-state index in [9.17, 15) is 18.0 Å². The number of carbonyl (C=O) groups excluding carboxylic acids is 2. The molecule has 0 bridgehead atoms. The normalized spacial score (nSPS) is 30.6. The third kappa shape index (κ3) is 4.11. The van der Waals surface area contributed by atoms with Crippen molar-refractivity contribution in [3.63, 3.8) is 0 Å². The topological polar surface area (TPSA) is 99.3 Å². The van der Waals surface area contributed by atoms with Gasteiger partial charge in [-0.1, -0.05) is 0 Å². The van der Waals surface area contributed by atoms with Gasteiger partial charge in [-0.15, -0.1) is 0 Å². The number of imide groups is 1. The quantitative estimate of drug-likeness (QED) is 0.617. The van der Waals surface area contributed by atoms with Crippen LogP contribution in [0.4, 0.5) is 0 Å². The third-order valence-corrected chi connectivity index (χ3v) is 8.78. The lowest BCUT2D eigenvalue weighted by atomic mass is 9.79. The van der Waals surface area contributed by atoms with Crippen LogP contribution < -0.4 is 5.32 Å². The Balaban J connectivity index is 1.26. The number of nitrogens with zero attached hydrogens (tertiary/aromatic N) is 3. The lowest BCUT2D eigenvalue weighted by molar-refractivity contribution is -0.126. The van der Waals surface area contributed by atoms with E-state index in [1.165, 1.54) is 0 Å². The first kappa shape index (κ1) is 20.2. The Kier molecular flexibility index (Phi) is 6.03. The van der Waals surface area contributed by atoms with Gasteiger partial charge in [-0.05, 0) is 50.6 Å². The molecule has 158 valence electrons. The van der Waals surface area contributed by atoms with Crippen LogP contribution in [-0.4, -0.2) is 92.3 Å². The van der Waals surface area contributed by atoms with Crippen molar-refractivity contribution in [3.05, 3.63) is 0 Å². The lowest BCUT2D eigenvalue weighted by Crippen LogP contribution is -2.51. The van der Waals surface area contributed by atoms with Crippen LogP contribution in [0.1, 0.15) is 32.1 Å². The predicted molar refractivity (Wildman–Crippen MR) is 101 cm³/mol. The molecular weight excluding hydrogens is 384 g/mol. The minimum atomic E-state index is -3.37. The van der Waals surface area contributed by atoms with Crippen molar-refractivity contribution in [1.82, 2.24) is 18.8 Å². The van der Waals surface area contributed by atoms with Crippen molar-refractivity contribution in [2.45, 2.75) is 38.1 Å². The molecule has 10 heteroatoms. The Morgan fingerprint density at radius 1 is 0.821 bits per heavy atom. The van der Waals surface area contributed by atoms with Gasteiger partial charge in [0.15, 0.2) is 0 Å². The van der Waals surface area contributed by atoms with Crippen LogP contribution in [0.25, 0.3) is 0 Å². The number of hydrogen-bond acceptors (Lipinski definition) is 6. The van der Waals surface area contributed by atoms with E-state index in [0.29, 0.717) is 51.2 Å². The smallest absolute Gasteiger partial charge is 0.282 e. The molecule has 9 nitrogen and oxygen atoms in total. The van der Waals surface area contributed by atoms with Gasteiger partial charge in [-0.2, -0.15) is 17.0 Å². The minimum absolute atomic E-state index is 0.162. The van der Waals surface area contributed by atoms with Gasteiger partial charge < -0.3 is 4.74 Å². The molecule has 28 heavy (non-hydrogen) atoms. The largest absolute Gasteiger partial charge is 0.379 e. The average molecular weight is 415 g/mol. The number of nitrogens with one attached hydrogen (secondary N) is 1. The highest BCUT2D eigenvalue weighted by molar-refractivity contribution is 7.86. The molecule has 0 aromatic rings. The molecule has 0 aromatic carbocycles. The van der Waals surface area contributed by atoms with Crippen molar-refractivity contribution in [3.8, 4) is 0 Å². The second-order valence-corrected chi connectivity index (χ2v) is 10.2. The first-order chi connectivity index (χ1) is 13.4. The summed E-state index contributed by atoms with van der Waals surface area (Å²) in [5.41, 5.74) is 0. The fourth-order valence-electron chi connectivity index (χ4n) is 5.06. The summed E-state index contributed by atoms with van der Waals surface area (Å²) in [6.45, 7) is 4.67. The van der Waals surface area contributed by atoms with Gasteiger partial charge in [0.1, 0.15) is 0 Å². The van der Waals surface area contributed by atoms with Gasteiger partial charge in [-0.25, -0.2) is 0 Å². The molecule has 4 aliphatic rings. The first-order valence-corrected chi connectivity index (χ1v) is 11.8. The highest BCUT2D eigenvalue weighted by Gasteiger charge is 2.40. The average Bonchev–Trinajstić information content (AvgIpc) is 3.07. The minimum Gasteiger partial charge on any atom is -0.379 e. The summed E-state index contributed by atoms with van der Waals surface area (Å²) in [5, 5.41) is 2.39. The summed E-state index contributed by atoms with van der Waals surface area (Å²) in [4.78, 5) is 25.4. The lowest BCUT2D eigenvalue weighted by Gasteiger charge is -2.41. The highest BCUT2D eigenvalue weighted by Crippen LogP contribution is 2.34. The van der Waals surface area contributed by atoms with Gasteiger partial charge in [0.25, 0.3) is 10.2 Å². The third-order valence-electron chi connectivity index (χ3n) is 6.75. The number of rotatable bonds is 4. The van der Waals surface area contributed by atoms with Gasteiger partial charge >= 0.3 is 0 Å². The molecule has 0 spiro atoms. The highest BCUT2D eigenvalue weighted by atomic mass is 32.2. The van der Waals surface area contributed by atoms with Gasteiger partial charge in [0.05, 0.1) is 25.7 Å². The zero-order valence-corrected chi connectivity index (χ0v) is 17.0. The van der Waals surface area contributed by atoms with E-state index in [0.717, 1.165) is 38.8 Å². The van der Waals surface area contributed by atoms with E-state index in [2.05, 4.69) is 10.2 Å². The molecule has 0 saturated carbocycles. The molecule has 1 N–H and O–H groups in total. The monoisotopic (exact) mass is 414 g/mol. The number of hydrogen-bond donors (Lipinski definition) is 1. The number of ether oxygens (including phenoxy) is 1. The van der Waals surface area contributed by atoms with E-state index in [4.69, 9.17) is 4.74 Å². The molecule has 2 amide bonds. The second kappa shape index (κ2) is 8.35. The Morgan fingerprint density at radius 2 is 1.36 bits per heavy atom. The van der Waals surface area contributed by atoms with Crippen molar-refractivity contribution in [2.24, 2.45) is 11.8 Å². The Labute approximate surface area is 166 Å². The predicted octanol–water partition coefficient (Wildman–Crippen LogP) is -0.597. The van der Waals surface area contributed by atoms with Crippen LogP contribution in [0.5, 0.6) is 0 Å². The molecule has 4 aliphatic heterocycles. The molecule has 4 heterocycles. The summed E-state index contributed by atoms with van der Waals surface area (Å²) in [6.07, 6.45) is 4.10. The van der Waals surface area contributed by atoms with Crippen LogP contribution in [0, 0.1) is 11.8 Å². The maximum atomic E-state index is 12.8. The molecule has 0 aliphatic carbocycles. The summed E-state index contributed by atoms with van der Waals surface area (Å²) in [5.74, 6) is 0.776. The van der Waals surface area contributed by atoms with E-state index in [1.807, 2.05) is 0 Å². The number of likely N-dealkylation sites (tertiary alicyclic amines) is 1. The molecule has 1 atom stereocenters. The van der Waals surface area contributed by atoms with Crippen LogP contribution in [0.3, 0.4) is 0 Å². The Bertz CT molecular complexity index is 693. The zero-order chi connectivity index (χ0) is 19.7. The van der Waals surface area contributed by atoms with E-state index in [-0.39, 0.29) is 24.3 Å². The molecule has 4 saturated heterocycles. The number of amides is 2. The number of carbonyl (C=O) groups is 2. The van der Waals surface area contributed by atoms with Gasteiger partial charge in [0.2, 0.25) is 11.8 Å². The van der Waals surface area contributed by atoms with E-state index in [1.54, 1.807) is 8.61 Å². The molecular formula is C18H30N4O5S. The summed E-state index contributed by atoms with van der Waals surface area (Å²) in [6, 6.07) is -0.297. The van der Waals surface area contributed by atoms with Crippen molar-refractivity contribution < 1.29 is 22.7 Å². The first-order valence-electron chi connectivity index (χ1n) is 10.4.